The molecule has 0 saturated carbocycles. The van der Waals surface area contributed by atoms with Gasteiger partial charge in [-0.25, -0.2) is 15.0 Å². The summed E-state index contributed by atoms with van der Waals surface area (Å²) < 4.78 is 0. The zero-order valence-corrected chi connectivity index (χ0v) is 9.68. The molecule has 0 bridgehead atoms. The van der Waals surface area contributed by atoms with Crippen LogP contribution < -0.4 is 0 Å². The number of fused-ring (bicyclic) bond motifs is 1. The van der Waals surface area contributed by atoms with E-state index in [1.807, 2.05) is 0 Å². The van der Waals surface area contributed by atoms with Gasteiger partial charge < -0.3 is 9.88 Å². The monoisotopic (exact) mass is 241 g/mol. The number of aromatic amines is 1. The van der Waals surface area contributed by atoms with E-state index in [-0.39, 0.29) is 5.91 Å². The Morgan fingerprint density at radius 1 is 1.39 bits per heavy atom. The quantitative estimate of drug-likeness (QED) is 0.730. The van der Waals surface area contributed by atoms with E-state index in [0.29, 0.717) is 24.3 Å². The van der Waals surface area contributed by atoms with Crippen LogP contribution in [0.3, 0.4) is 0 Å². The smallest absolute Gasteiger partial charge is 0.223 e. The maximum absolute atomic E-state index is 11.4. The van der Waals surface area contributed by atoms with Gasteiger partial charge in [0.2, 0.25) is 5.91 Å². The standard InChI is InChI=1S/C12H11N5O/c18-10-4-2-6-17(10)5-1-3-9-11-12(15-7-13-9)16-8-14-11/h7-8H,2,4-6H2,(H,13,14,15,16). The first kappa shape index (κ1) is 10.7. The summed E-state index contributed by atoms with van der Waals surface area (Å²) in [7, 11) is 0. The van der Waals surface area contributed by atoms with Gasteiger partial charge in [0.15, 0.2) is 5.65 Å². The molecular weight excluding hydrogens is 230 g/mol. The van der Waals surface area contributed by atoms with Crippen molar-refractivity contribution in [1.29, 1.82) is 0 Å². The van der Waals surface area contributed by atoms with Crippen LogP contribution >= 0.6 is 0 Å². The summed E-state index contributed by atoms with van der Waals surface area (Å²) in [5.41, 5.74) is 1.95. The van der Waals surface area contributed by atoms with Gasteiger partial charge >= 0.3 is 0 Å². The third-order valence-electron chi connectivity index (χ3n) is 2.87. The lowest BCUT2D eigenvalue weighted by molar-refractivity contribution is -0.127. The number of imidazole rings is 1. The number of amides is 1. The molecule has 2 aromatic heterocycles. The van der Waals surface area contributed by atoms with Crippen molar-refractivity contribution in [3.63, 3.8) is 0 Å². The van der Waals surface area contributed by atoms with Gasteiger partial charge in [0.1, 0.15) is 17.5 Å². The lowest BCUT2D eigenvalue weighted by Crippen LogP contribution is -2.24. The average molecular weight is 241 g/mol. The Morgan fingerprint density at radius 2 is 2.33 bits per heavy atom. The molecule has 3 rings (SSSR count). The number of nitrogens with one attached hydrogen (secondary N) is 1. The van der Waals surface area contributed by atoms with Crippen LogP contribution in [-0.4, -0.2) is 43.8 Å². The highest BCUT2D eigenvalue weighted by molar-refractivity contribution is 5.78. The molecular formula is C12H11N5O. The number of nitrogens with zero attached hydrogens (tertiary/aromatic N) is 4. The largest absolute Gasteiger partial charge is 0.341 e. The van der Waals surface area contributed by atoms with Crippen LogP contribution in [0.5, 0.6) is 0 Å². The normalized spacial score (nSPS) is 14.9. The first-order chi connectivity index (χ1) is 8.84. The molecule has 18 heavy (non-hydrogen) atoms. The van der Waals surface area contributed by atoms with Crippen LogP contribution in [0.1, 0.15) is 18.5 Å². The van der Waals surface area contributed by atoms with Gasteiger partial charge in [0.25, 0.3) is 0 Å². The molecule has 1 fully saturated rings. The Hall–Kier alpha value is -2.42. The number of hydrogen-bond donors (Lipinski definition) is 1. The predicted octanol–water partition coefficient (Wildman–Crippen LogP) is 0.327. The Bertz CT molecular complexity index is 651. The SMILES string of the molecule is O=C1CCCN1CC#Cc1ncnc2nc[nH]c12. The summed E-state index contributed by atoms with van der Waals surface area (Å²) in [6, 6.07) is 0. The predicted molar refractivity (Wildman–Crippen MR) is 64.4 cm³/mol. The molecule has 0 radical (unpaired) electrons. The average Bonchev–Trinajstić information content (AvgIpc) is 2.99. The Kier molecular flexibility index (Phi) is 2.65. The lowest BCUT2D eigenvalue weighted by Gasteiger charge is -2.09. The second kappa shape index (κ2) is 4.45. The summed E-state index contributed by atoms with van der Waals surface area (Å²) in [5.74, 6) is 6.11. The van der Waals surface area contributed by atoms with Crippen molar-refractivity contribution < 1.29 is 4.79 Å². The van der Waals surface area contributed by atoms with Crippen molar-refractivity contribution in [3.8, 4) is 11.8 Å². The van der Waals surface area contributed by atoms with Crippen molar-refractivity contribution in [2.24, 2.45) is 0 Å². The number of carbonyl (C=O) groups is 1. The summed E-state index contributed by atoms with van der Waals surface area (Å²) in [4.78, 5) is 28.3. The summed E-state index contributed by atoms with van der Waals surface area (Å²) >= 11 is 0. The number of H-pyrrole nitrogens is 1. The Morgan fingerprint density at radius 3 is 3.17 bits per heavy atom. The van der Waals surface area contributed by atoms with Gasteiger partial charge in [0, 0.05) is 13.0 Å². The number of rotatable bonds is 1. The maximum atomic E-state index is 11.4. The molecule has 6 nitrogen and oxygen atoms in total. The molecule has 0 spiro atoms. The number of likely N-dealkylation sites (tertiary alicyclic amines) is 1. The van der Waals surface area contributed by atoms with E-state index in [1.165, 1.54) is 6.33 Å². The van der Waals surface area contributed by atoms with Crippen molar-refractivity contribution in [3.05, 3.63) is 18.3 Å². The Balaban J connectivity index is 1.80. The molecule has 90 valence electrons. The maximum Gasteiger partial charge on any atom is 0.223 e. The highest BCUT2D eigenvalue weighted by atomic mass is 16.2. The number of aromatic nitrogens is 4. The van der Waals surface area contributed by atoms with E-state index in [0.717, 1.165) is 18.5 Å². The van der Waals surface area contributed by atoms with Crippen molar-refractivity contribution in [2.45, 2.75) is 12.8 Å². The molecule has 1 amide bonds. The van der Waals surface area contributed by atoms with Gasteiger partial charge in [-0.05, 0) is 12.3 Å². The van der Waals surface area contributed by atoms with Crippen LogP contribution in [0.25, 0.3) is 11.2 Å². The Labute approximate surface area is 103 Å². The first-order valence-electron chi connectivity index (χ1n) is 5.75. The second-order valence-electron chi connectivity index (χ2n) is 4.04. The summed E-state index contributed by atoms with van der Waals surface area (Å²) in [6.07, 6.45) is 4.57. The summed E-state index contributed by atoms with van der Waals surface area (Å²) in [6.45, 7) is 1.26. The van der Waals surface area contributed by atoms with Crippen molar-refractivity contribution >= 4 is 17.1 Å². The van der Waals surface area contributed by atoms with E-state index >= 15 is 0 Å². The fourth-order valence-corrected chi connectivity index (χ4v) is 1.95. The van der Waals surface area contributed by atoms with Gasteiger partial charge in [0.05, 0.1) is 12.9 Å². The highest BCUT2D eigenvalue weighted by Gasteiger charge is 2.18. The van der Waals surface area contributed by atoms with Gasteiger partial charge in [-0.2, -0.15) is 0 Å². The molecule has 1 saturated heterocycles. The van der Waals surface area contributed by atoms with Crippen molar-refractivity contribution in [1.82, 2.24) is 24.8 Å². The zero-order chi connectivity index (χ0) is 12.4. The van der Waals surface area contributed by atoms with Gasteiger partial charge in [-0.15, -0.1) is 0 Å². The van der Waals surface area contributed by atoms with E-state index in [9.17, 15) is 4.79 Å². The van der Waals surface area contributed by atoms with Crippen LogP contribution in [0.4, 0.5) is 0 Å². The minimum atomic E-state index is 0.179. The van der Waals surface area contributed by atoms with E-state index in [1.54, 1.807) is 11.2 Å². The van der Waals surface area contributed by atoms with E-state index in [2.05, 4.69) is 31.8 Å². The second-order valence-corrected chi connectivity index (χ2v) is 4.04. The minimum absolute atomic E-state index is 0.179. The molecule has 1 aliphatic rings. The fraction of sp³-hybridized carbons (Fsp3) is 0.333. The van der Waals surface area contributed by atoms with Gasteiger partial charge in [-0.3, -0.25) is 4.79 Å². The van der Waals surface area contributed by atoms with E-state index in [4.69, 9.17) is 0 Å². The lowest BCUT2D eigenvalue weighted by atomic mass is 10.3. The fourth-order valence-electron chi connectivity index (χ4n) is 1.95. The molecule has 3 heterocycles. The number of carbonyl (C=O) groups excluding carboxylic acids is 1. The third kappa shape index (κ3) is 1.91. The van der Waals surface area contributed by atoms with Crippen molar-refractivity contribution in [2.75, 3.05) is 13.1 Å². The van der Waals surface area contributed by atoms with Crippen LogP contribution in [0, 0.1) is 11.8 Å². The van der Waals surface area contributed by atoms with Gasteiger partial charge in [-0.1, -0.05) is 5.92 Å². The van der Waals surface area contributed by atoms with E-state index < -0.39 is 0 Å². The molecule has 0 aliphatic carbocycles. The van der Waals surface area contributed by atoms with Crippen LogP contribution in [-0.2, 0) is 4.79 Å². The highest BCUT2D eigenvalue weighted by Crippen LogP contribution is 2.09. The molecule has 2 aromatic rings. The molecule has 0 atom stereocenters. The summed E-state index contributed by atoms with van der Waals surface area (Å²) in [5, 5.41) is 0. The molecule has 1 N–H and O–H groups in total. The van der Waals surface area contributed by atoms with Crippen LogP contribution in [0.15, 0.2) is 12.7 Å². The molecule has 1 aliphatic heterocycles. The molecule has 6 heteroatoms. The molecule has 0 unspecified atom stereocenters. The minimum Gasteiger partial charge on any atom is -0.341 e. The van der Waals surface area contributed by atoms with Crippen LogP contribution in [0.2, 0.25) is 0 Å². The molecule has 0 aromatic carbocycles. The first-order valence-corrected chi connectivity index (χ1v) is 5.75. The topological polar surface area (TPSA) is 74.8 Å². The third-order valence-corrected chi connectivity index (χ3v) is 2.87. The zero-order valence-electron chi connectivity index (χ0n) is 9.68. The number of hydrogen-bond acceptors (Lipinski definition) is 4.